The van der Waals surface area contributed by atoms with E-state index in [0.717, 1.165) is 25.1 Å². The number of unbranched alkanes of at least 4 members (excludes halogenated alkanes) is 1. The lowest BCUT2D eigenvalue weighted by Crippen LogP contribution is -2.29. The van der Waals surface area contributed by atoms with Crippen LogP contribution in [0.5, 0.6) is 0 Å². The molecule has 2 N–H and O–H groups in total. The second-order valence-electron chi connectivity index (χ2n) is 3.03. The molecule has 0 aromatic heterocycles. The molecule has 75 valence electrons. The molecule has 0 bridgehead atoms. The first-order chi connectivity index (χ1) is 6.83. The summed E-state index contributed by atoms with van der Waals surface area (Å²) in [6, 6.07) is 9.93. The summed E-state index contributed by atoms with van der Waals surface area (Å²) < 4.78 is 0. The molecule has 0 atom stereocenters. The first-order valence-corrected chi connectivity index (χ1v) is 4.84. The molecule has 0 aliphatic heterocycles. The predicted octanol–water partition coefficient (Wildman–Crippen LogP) is 2.41. The zero-order valence-electron chi connectivity index (χ0n) is 8.34. The van der Waals surface area contributed by atoms with Gasteiger partial charge >= 0.3 is 6.03 Å². The number of benzene rings is 1. The fourth-order valence-corrected chi connectivity index (χ4v) is 1.03. The molecule has 1 aromatic rings. The maximum atomic E-state index is 11.3. The highest BCUT2D eigenvalue weighted by molar-refractivity contribution is 5.89. The van der Waals surface area contributed by atoms with Gasteiger partial charge in [0.05, 0.1) is 0 Å². The summed E-state index contributed by atoms with van der Waals surface area (Å²) in [6.07, 6.45) is 2.09. The van der Waals surface area contributed by atoms with E-state index in [2.05, 4.69) is 23.6 Å². The molecule has 0 spiro atoms. The van der Waals surface area contributed by atoms with Crippen LogP contribution in [0.15, 0.2) is 24.3 Å². The number of nitrogens with one attached hydrogen (secondary N) is 2. The van der Waals surface area contributed by atoms with Crippen LogP contribution in [0.2, 0.25) is 0 Å². The quantitative estimate of drug-likeness (QED) is 0.705. The van der Waals surface area contributed by atoms with Crippen LogP contribution in [0.4, 0.5) is 10.5 Å². The Morgan fingerprint density at radius 1 is 1.57 bits per heavy atom. The maximum Gasteiger partial charge on any atom is 0.319 e. The second kappa shape index (κ2) is 6.02. The molecular weight excluding hydrogens is 176 g/mol. The van der Waals surface area contributed by atoms with Gasteiger partial charge in [-0.25, -0.2) is 4.79 Å². The van der Waals surface area contributed by atoms with Crippen molar-refractivity contribution in [2.24, 2.45) is 0 Å². The largest absolute Gasteiger partial charge is 0.338 e. The Kier molecular flexibility index (Phi) is 4.55. The van der Waals surface area contributed by atoms with Gasteiger partial charge in [0, 0.05) is 12.2 Å². The van der Waals surface area contributed by atoms with Crippen LogP contribution in [0.1, 0.15) is 19.8 Å². The standard InChI is InChI=1S/C11H15N2O/c1-2-3-9-12-11(14)13-10-7-5-4-6-8-10/h4-5,7-8H,2-3,9H2,1H3,(H2,12,13,14). The molecule has 1 rings (SSSR count). The summed E-state index contributed by atoms with van der Waals surface area (Å²) >= 11 is 0. The Hall–Kier alpha value is -1.51. The molecule has 0 aliphatic carbocycles. The Labute approximate surface area is 84.5 Å². The highest BCUT2D eigenvalue weighted by Crippen LogP contribution is 2.03. The molecule has 0 aliphatic rings. The number of rotatable bonds is 4. The smallest absolute Gasteiger partial charge is 0.319 e. The molecule has 1 aromatic carbocycles. The third-order valence-corrected chi connectivity index (χ3v) is 1.78. The van der Waals surface area contributed by atoms with Crippen molar-refractivity contribution in [3.63, 3.8) is 0 Å². The molecule has 0 heterocycles. The molecule has 3 heteroatoms. The first kappa shape index (κ1) is 10.6. The van der Waals surface area contributed by atoms with Gasteiger partial charge < -0.3 is 10.6 Å². The van der Waals surface area contributed by atoms with Gasteiger partial charge in [0.1, 0.15) is 0 Å². The van der Waals surface area contributed by atoms with Crippen molar-refractivity contribution in [1.29, 1.82) is 0 Å². The Bertz CT molecular complexity index is 272. The molecule has 0 saturated carbocycles. The van der Waals surface area contributed by atoms with Gasteiger partial charge in [-0.05, 0) is 24.6 Å². The zero-order valence-corrected chi connectivity index (χ0v) is 8.34. The monoisotopic (exact) mass is 191 g/mol. The lowest BCUT2D eigenvalue weighted by atomic mass is 10.3. The summed E-state index contributed by atoms with van der Waals surface area (Å²) in [7, 11) is 0. The topological polar surface area (TPSA) is 41.1 Å². The average molecular weight is 191 g/mol. The summed E-state index contributed by atoms with van der Waals surface area (Å²) in [5.74, 6) is 0. The third-order valence-electron chi connectivity index (χ3n) is 1.78. The van der Waals surface area contributed by atoms with Crippen molar-refractivity contribution < 1.29 is 4.79 Å². The number of hydrogen-bond donors (Lipinski definition) is 2. The average Bonchev–Trinajstić information content (AvgIpc) is 2.20. The van der Waals surface area contributed by atoms with Crippen LogP contribution in [-0.4, -0.2) is 12.6 Å². The van der Waals surface area contributed by atoms with E-state index in [9.17, 15) is 4.79 Å². The van der Waals surface area contributed by atoms with E-state index >= 15 is 0 Å². The molecule has 14 heavy (non-hydrogen) atoms. The van der Waals surface area contributed by atoms with E-state index in [1.54, 1.807) is 12.1 Å². The molecule has 0 fully saturated rings. The number of carbonyl (C=O) groups excluding carboxylic acids is 1. The molecule has 1 radical (unpaired) electrons. The minimum Gasteiger partial charge on any atom is -0.338 e. The van der Waals surface area contributed by atoms with E-state index in [4.69, 9.17) is 0 Å². The Balaban J connectivity index is 2.27. The number of anilines is 1. The molecule has 2 amide bonds. The fraction of sp³-hybridized carbons (Fsp3) is 0.364. The summed E-state index contributed by atoms with van der Waals surface area (Å²) in [4.78, 5) is 11.3. The van der Waals surface area contributed by atoms with Gasteiger partial charge in [-0.3, -0.25) is 0 Å². The third kappa shape index (κ3) is 3.94. The number of hydrogen-bond acceptors (Lipinski definition) is 1. The van der Waals surface area contributed by atoms with Crippen molar-refractivity contribution in [2.45, 2.75) is 19.8 Å². The van der Waals surface area contributed by atoms with Gasteiger partial charge in [-0.15, -0.1) is 0 Å². The van der Waals surface area contributed by atoms with Gasteiger partial charge in [0.25, 0.3) is 0 Å². The highest BCUT2D eigenvalue weighted by Gasteiger charge is 1.98. The van der Waals surface area contributed by atoms with Crippen LogP contribution in [0.25, 0.3) is 0 Å². The summed E-state index contributed by atoms with van der Waals surface area (Å²) in [5, 5.41) is 5.49. The van der Waals surface area contributed by atoms with Crippen molar-refractivity contribution in [2.75, 3.05) is 11.9 Å². The Morgan fingerprint density at radius 2 is 2.43 bits per heavy atom. The van der Waals surface area contributed by atoms with E-state index in [1.807, 2.05) is 12.1 Å². The molecule has 3 nitrogen and oxygen atoms in total. The van der Waals surface area contributed by atoms with E-state index in [1.165, 1.54) is 0 Å². The van der Waals surface area contributed by atoms with E-state index in [-0.39, 0.29) is 6.03 Å². The van der Waals surface area contributed by atoms with Crippen LogP contribution in [0.3, 0.4) is 0 Å². The van der Waals surface area contributed by atoms with Gasteiger partial charge in [-0.1, -0.05) is 25.5 Å². The number of urea groups is 1. The van der Waals surface area contributed by atoms with Crippen molar-refractivity contribution in [1.82, 2.24) is 5.32 Å². The minimum absolute atomic E-state index is 0.155. The van der Waals surface area contributed by atoms with E-state index < -0.39 is 0 Å². The van der Waals surface area contributed by atoms with Crippen LogP contribution < -0.4 is 10.6 Å². The SMILES string of the molecule is CCCCNC(=O)Nc1c[c]ccc1. The predicted molar refractivity (Wildman–Crippen MR) is 57.2 cm³/mol. The highest BCUT2D eigenvalue weighted by atomic mass is 16.2. The van der Waals surface area contributed by atoms with Crippen molar-refractivity contribution in [3.05, 3.63) is 30.3 Å². The molecule has 0 unspecified atom stereocenters. The van der Waals surface area contributed by atoms with Crippen molar-refractivity contribution >= 4 is 11.7 Å². The lowest BCUT2D eigenvalue weighted by molar-refractivity contribution is 0.252. The zero-order chi connectivity index (χ0) is 10.2. The lowest BCUT2D eigenvalue weighted by Gasteiger charge is -2.06. The van der Waals surface area contributed by atoms with Gasteiger partial charge in [-0.2, -0.15) is 0 Å². The Morgan fingerprint density at radius 3 is 3.07 bits per heavy atom. The first-order valence-electron chi connectivity index (χ1n) is 4.84. The second-order valence-corrected chi connectivity index (χ2v) is 3.03. The summed E-state index contributed by atoms with van der Waals surface area (Å²) in [5.41, 5.74) is 0.765. The van der Waals surface area contributed by atoms with E-state index in [0.29, 0.717) is 0 Å². The summed E-state index contributed by atoms with van der Waals surface area (Å²) in [6.45, 7) is 2.81. The van der Waals surface area contributed by atoms with Crippen LogP contribution >= 0.6 is 0 Å². The molecule has 0 saturated heterocycles. The maximum absolute atomic E-state index is 11.3. The van der Waals surface area contributed by atoms with Gasteiger partial charge in [0.15, 0.2) is 0 Å². The fourth-order valence-electron chi connectivity index (χ4n) is 1.03. The molecular formula is C11H15N2O. The minimum atomic E-state index is -0.155. The normalized spacial score (nSPS) is 9.50. The number of carbonyl (C=O) groups is 1. The van der Waals surface area contributed by atoms with Crippen LogP contribution in [0, 0.1) is 6.07 Å². The van der Waals surface area contributed by atoms with Crippen molar-refractivity contribution in [3.8, 4) is 0 Å². The van der Waals surface area contributed by atoms with Crippen LogP contribution in [-0.2, 0) is 0 Å². The number of amides is 2. The van der Waals surface area contributed by atoms with Gasteiger partial charge in [0.2, 0.25) is 0 Å².